The largest absolute Gasteiger partial charge is 0.357 e. The molecule has 2 saturated heterocycles. The molecule has 0 spiro atoms. The highest BCUT2D eigenvalue weighted by molar-refractivity contribution is 14.0. The quantitative estimate of drug-likeness (QED) is 0.401. The zero-order chi connectivity index (χ0) is 17.8. The van der Waals surface area contributed by atoms with E-state index in [1.807, 2.05) is 6.20 Å². The number of halogens is 1. The van der Waals surface area contributed by atoms with E-state index < -0.39 is 0 Å². The van der Waals surface area contributed by atoms with Crippen molar-refractivity contribution >= 4 is 35.8 Å². The molecular formula is C21H34IN5. The van der Waals surface area contributed by atoms with Gasteiger partial charge in [-0.1, -0.05) is 12.8 Å². The number of pyridine rings is 1. The van der Waals surface area contributed by atoms with Gasteiger partial charge in [-0.2, -0.15) is 0 Å². The first-order valence-corrected chi connectivity index (χ1v) is 10.6. The standard InChI is InChI=1S/C21H33N5.HI/c1-2-22-21(26-15-18-7-3-4-8-19(18)16-26)24-14-17-9-10-23-20(13-17)25-11-5-6-12-25;/h9-10,13,18-19H,2-8,11-12,14-16H2,1H3,(H,22,24);1H. The first-order valence-electron chi connectivity index (χ1n) is 10.6. The van der Waals surface area contributed by atoms with E-state index >= 15 is 0 Å². The second-order valence-corrected chi connectivity index (χ2v) is 8.10. The Morgan fingerprint density at radius 1 is 1.15 bits per heavy atom. The van der Waals surface area contributed by atoms with Crippen LogP contribution in [0.5, 0.6) is 0 Å². The number of nitrogens with one attached hydrogen (secondary N) is 1. The molecule has 6 heteroatoms. The monoisotopic (exact) mass is 483 g/mol. The smallest absolute Gasteiger partial charge is 0.194 e. The minimum atomic E-state index is 0. The van der Waals surface area contributed by atoms with Gasteiger partial charge < -0.3 is 15.1 Å². The zero-order valence-corrected chi connectivity index (χ0v) is 18.9. The molecule has 1 aromatic heterocycles. The molecule has 0 bridgehead atoms. The molecule has 0 amide bonds. The Labute approximate surface area is 181 Å². The molecule has 4 rings (SSSR count). The minimum absolute atomic E-state index is 0. The minimum Gasteiger partial charge on any atom is -0.357 e. The van der Waals surface area contributed by atoms with Gasteiger partial charge in [0, 0.05) is 38.9 Å². The summed E-state index contributed by atoms with van der Waals surface area (Å²) in [6, 6.07) is 4.33. The fourth-order valence-corrected chi connectivity index (χ4v) is 4.85. The van der Waals surface area contributed by atoms with Crippen molar-refractivity contribution in [1.82, 2.24) is 15.2 Å². The van der Waals surface area contributed by atoms with E-state index in [-0.39, 0.29) is 24.0 Å². The normalized spacial score (nSPS) is 25.3. The maximum absolute atomic E-state index is 4.98. The van der Waals surface area contributed by atoms with Crippen LogP contribution < -0.4 is 10.2 Å². The lowest BCUT2D eigenvalue weighted by Gasteiger charge is -2.22. The van der Waals surface area contributed by atoms with Gasteiger partial charge in [0.05, 0.1) is 6.54 Å². The van der Waals surface area contributed by atoms with Crippen LogP contribution >= 0.6 is 24.0 Å². The maximum Gasteiger partial charge on any atom is 0.194 e. The summed E-state index contributed by atoms with van der Waals surface area (Å²) in [5.41, 5.74) is 1.26. The average molecular weight is 483 g/mol. The van der Waals surface area contributed by atoms with Crippen molar-refractivity contribution in [1.29, 1.82) is 0 Å². The van der Waals surface area contributed by atoms with Gasteiger partial charge in [0.2, 0.25) is 0 Å². The number of aromatic nitrogens is 1. The molecule has 2 unspecified atom stereocenters. The third-order valence-electron chi connectivity index (χ3n) is 6.26. The third kappa shape index (κ3) is 5.06. The predicted octanol–water partition coefficient (Wildman–Crippen LogP) is 3.89. The molecule has 27 heavy (non-hydrogen) atoms. The Morgan fingerprint density at radius 3 is 2.52 bits per heavy atom. The number of nitrogens with zero attached hydrogens (tertiary/aromatic N) is 4. The van der Waals surface area contributed by atoms with Crippen LogP contribution in [0.15, 0.2) is 23.3 Å². The Morgan fingerprint density at radius 2 is 1.85 bits per heavy atom. The van der Waals surface area contributed by atoms with Crippen molar-refractivity contribution in [2.24, 2.45) is 16.8 Å². The van der Waals surface area contributed by atoms with Crippen LogP contribution in [0.2, 0.25) is 0 Å². The van der Waals surface area contributed by atoms with Gasteiger partial charge in [0.15, 0.2) is 5.96 Å². The summed E-state index contributed by atoms with van der Waals surface area (Å²) in [6.45, 7) is 8.48. The van der Waals surface area contributed by atoms with Crippen molar-refractivity contribution in [3.63, 3.8) is 0 Å². The van der Waals surface area contributed by atoms with Crippen LogP contribution in [0, 0.1) is 11.8 Å². The van der Waals surface area contributed by atoms with Crippen molar-refractivity contribution in [2.75, 3.05) is 37.6 Å². The summed E-state index contributed by atoms with van der Waals surface area (Å²) in [5.74, 6) is 3.99. The fraction of sp³-hybridized carbons (Fsp3) is 0.714. The van der Waals surface area contributed by atoms with E-state index in [1.54, 1.807) is 0 Å². The first kappa shape index (κ1) is 20.7. The van der Waals surface area contributed by atoms with Gasteiger partial charge in [-0.3, -0.25) is 0 Å². The average Bonchev–Trinajstić information content (AvgIpc) is 3.34. The molecule has 3 heterocycles. The van der Waals surface area contributed by atoms with Crippen molar-refractivity contribution < 1.29 is 0 Å². The molecule has 1 aromatic rings. The molecule has 3 aliphatic rings. The summed E-state index contributed by atoms with van der Waals surface area (Å²) >= 11 is 0. The van der Waals surface area contributed by atoms with E-state index in [0.29, 0.717) is 0 Å². The molecule has 2 aliphatic heterocycles. The molecule has 2 atom stereocenters. The van der Waals surface area contributed by atoms with Gasteiger partial charge in [-0.25, -0.2) is 9.98 Å². The summed E-state index contributed by atoms with van der Waals surface area (Å²) in [5, 5.41) is 3.52. The van der Waals surface area contributed by atoms with Crippen LogP contribution in [-0.2, 0) is 6.54 Å². The lowest BCUT2D eigenvalue weighted by Crippen LogP contribution is -2.40. The SMILES string of the molecule is CCNC(=NCc1ccnc(N2CCCC2)c1)N1CC2CCCCC2C1.I. The second kappa shape index (κ2) is 9.94. The number of aliphatic imine (C=N–C) groups is 1. The number of hydrogen-bond acceptors (Lipinski definition) is 3. The number of hydrogen-bond donors (Lipinski definition) is 1. The number of guanidine groups is 1. The van der Waals surface area contributed by atoms with E-state index in [1.165, 1.54) is 57.2 Å². The molecule has 1 N–H and O–H groups in total. The number of fused-ring (bicyclic) bond motifs is 1. The van der Waals surface area contributed by atoms with E-state index in [2.05, 4.69) is 39.2 Å². The Balaban J connectivity index is 0.00000210. The summed E-state index contributed by atoms with van der Waals surface area (Å²) < 4.78 is 0. The molecule has 150 valence electrons. The molecular weight excluding hydrogens is 449 g/mol. The highest BCUT2D eigenvalue weighted by atomic mass is 127. The molecule has 0 aromatic carbocycles. The van der Waals surface area contributed by atoms with Crippen LogP contribution in [0.25, 0.3) is 0 Å². The molecule has 1 aliphatic carbocycles. The first-order chi connectivity index (χ1) is 12.8. The fourth-order valence-electron chi connectivity index (χ4n) is 4.85. The second-order valence-electron chi connectivity index (χ2n) is 8.10. The molecule has 3 fully saturated rings. The molecule has 1 saturated carbocycles. The maximum atomic E-state index is 4.98. The van der Waals surface area contributed by atoms with Crippen LogP contribution in [0.4, 0.5) is 5.82 Å². The third-order valence-corrected chi connectivity index (χ3v) is 6.26. The van der Waals surface area contributed by atoms with Crippen LogP contribution in [0.1, 0.15) is 51.0 Å². The topological polar surface area (TPSA) is 43.8 Å². The van der Waals surface area contributed by atoms with Crippen LogP contribution in [0.3, 0.4) is 0 Å². The highest BCUT2D eigenvalue weighted by Crippen LogP contribution is 2.36. The van der Waals surface area contributed by atoms with Crippen molar-refractivity contribution in [3.8, 4) is 0 Å². The van der Waals surface area contributed by atoms with Gasteiger partial charge in [-0.15, -0.1) is 24.0 Å². The Kier molecular flexibility index (Phi) is 7.61. The van der Waals surface area contributed by atoms with Crippen molar-refractivity contribution in [3.05, 3.63) is 23.9 Å². The number of anilines is 1. The lowest BCUT2D eigenvalue weighted by molar-refractivity contribution is 0.299. The van der Waals surface area contributed by atoms with Gasteiger partial charge >= 0.3 is 0 Å². The zero-order valence-electron chi connectivity index (χ0n) is 16.6. The van der Waals surface area contributed by atoms with Gasteiger partial charge in [0.25, 0.3) is 0 Å². The van der Waals surface area contributed by atoms with Crippen LogP contribution in [-0.4, -0.2) is 48.6 Å². The highest BCUT2D eigenvalue weighted by Gasteiger charge is 2.35. The van der Waals surface area contributed by atoms with E-state index in [9.17, 15) is 0 Å². The number of likely N-dealkylation sites (tertiary alicyclic amines) is 1. The Bertz CT molecular complexity index is 615. The Hall–Kier alpha value is -1.05. The molecule has 0 radical (unpaired) electrons. The van der Waals surface area contributed by atoms with E-state index in [4.69, 9.17) is 4.99 Å². The lowest BCUT2D eigenvalue weighted by atomic mass is 9.82. The predicted molar refractivity (Wildman–Crippen MR) is 123 cm³/mol. The van der Waals surface area contributed by atoms with Crippen molar-refractivity contribution in [2.45, 2.75) is 52.0 Å². The van der Waals surface area contributed by atoms with Gasteiger partial charge in [-0.05, 0) is 62.1 Å². The summed E-state index contributed by atoms with van der Waals surface area (Å²) in [4.78, 5) is 14.4. The summed E-state index contributed by atoms with van der Waals surface area (Å²) in [7, 11) is 0. The van der Waals surface area contributed by atoms with Gasteiger partial charge in [0.1, 0.15) is 5.82 Å². The molecule has 5 nitrogen and oxygen atoms in total. The summed E-state index contributed by atoms with van der Waals surface area (Å²) in [6.07, 6.45) is 10.2. The van der Waals surface area contributed by atoms with E-state index in [0.717, 1.165) is 49.8 Å². The number of rotatable bonds is 4.